The minimum Gasteiger partial charge on any atom is -0.369 e. The molecule has 0 aliphatic carbocycles. The molecule has 1 aromatic carbocycles. The number of rotatable bonds is 7. The van der Waals surface area contributed by atoms with Gasteiger partial charge in [-0.25, -0.2) is 0 Å². The maximum Gasteiger partial charge on any atom is 0.205 e. The third-order valence-electron chi connectivity index (χ3n) is 2.43. The molecule has 0 spiro atoms. The summed E-state index contributed by atoms with van der Waals surface area (Å²) in [5.41, 5.74) is 0.984. The first-order valence-electron chi connectivity index (χ1n) is 6.17. The SMILES string of the molecule is CCCNc1nnc(COCc2ccccc2Cl)s1. The Morgan fingerprint density at radius 1 is 1.26 bits per heavy atom. The van der Waals surface area contributed by atoms with E-state index in [1.165, 1.54) is 11.3 Å². The lowest BCUT2D eigenvalue weighted by Crippen LogP contribution is -1.98. The minimum absolute atomic E-state index is 0.455. The largest absolute Gasteiger partial charge is 0.369 e. The fourth-order valence-electron chi connectivity index (χ4n) is 1.48. The van der Waals surface area contributed by atoms with Gasteiger partial charge >= 0.3 is 0 Å². The summed E-state index contributed by atoms with van der Waals surface area (Å²) >= 11 is 7.57. The fraction of sp³-hybridized carbons (Fsp3) is 0.385. The van der Waals surface area contributed by atoms with E-state index in [0.717, 1.165) is 33.7 Å². The van der Waals surface area contributed by atoms with Crippen LogP contribution >= 0.6 is 22.9 Å². The summed E-state index contributed by atoms with van der Waals surface area (Å²) in [5.74, 6) is 0. The molecule has 102 valence electrons. The van der Waals surface area contributed by atoms with Crippen molar-refractivity contribution in [2.24, 2.45) is 0 Å². The Kier molecular flexibility index (Phi) is 5.57. The Morgan fingerprint density at radius 3 is 2.89 bits per heavy atom. The third kappa shape index (κ3) is 4.45. The van der Waals surface area contributed by atoms with E-state index in [4.69, 9.17) is 16.3 Å². The molecule has 0 amide bonds. The summed E-state index contributed by atoms with van der Waals surface area (Å²) < 4.78 is 5.60. The molecule has 0 fully saturated rings. The van der Waals surface area contributed by atoms with Crippen molar-refractivity contribution in [2.45, 2.75) is 26.6 Å². The van der Waals surface area contributed by atoms with E-state index in [2.05, 4.69) is 22.4 Å². The standard InChI is InChI=1S/C13H16ClN3OS/c1-2-7-15-13-17-16-12(19-13)9-18-8-10-5-3-4-6-11(10)14/h3-6H,2,7-9H2,1H3,(H,15,17). The molecule has 0 saturated carbocycles. The zero-order chi connectivity index (χ0) is 13.5. The van der Waals surface area contributed by atoms with E-state index in [1.54, 1.807) is 0 Å². The van der Waals surface area contributed by atoms with Gasteiger partial charge in [-0.05, 0) is 18.1 Å². The first kappa shape index (κ1) is 14.2. The quantitative estimate of drug-likeness (QED) is 0.846. The van der Waals surface area contributed by atoms with Crippen LogP contribution in [0, 0.1) is 0 Å². The van der Waals surface area contributed by atoms with Crippen LogP contribution in [0.3, 0.4) is 0 Å². The van der Waals surface area contributed by atoms with Crippen LogP contribution in [0.5, 0.6) is 0 Å². The van der Waals surface area contributed by atoms with Gasteiger partial charge in [-0.15, -0.1) is 10.2 Å². The first-order valence-corrected chi connectivity index (χ1v) is 7.36. The number of nitrogens with zero attached hydrogens (tertiary/aromatic N) is 2. The van der Waals surface area contributed by atoms with Crippen LogP contribution in [0.4, 0.5) is 5.13 Å². The van der Waals surface area contributed by atoms with Crippen molar-refractivity contribution in [3.63, 3.8) is 0 Å². The van der Waals surface area contributed by atoms with Crippen molar-refractivity contribution in [1.82, 2.24) is 10.2 Å². The summed E-state index contributed by atoms with van der Waals surface area (Å²) in [7, 11) is 0. The molecular weight excluding hydrogens is 282 g/mol. The van der Waals surface area contributed by atoms with Gasteiger partial charge in [-0.2, -0.15) is 0 Å². The molecule has 4 nitrogen and oxygen atoms in total. The number of nitrogens with one attached hydrogen (secondary N) is 1. The van der Waals surface area contributed by atoms with Crippen molar-refractivity contribution in [3.8, 4) is 0 Å². The van der Waals surface area contributed by atoms with E-state index in [9.17, 15) is 0 Å². The average Bonchev–Trinajstić information content (AvgIpc) is 2.86. The van der Waals surface area contributed by atoms with Gasteiger partial charge in [0, 0.05) is 11.6 Å². The maximum absolute atomic E-state index is 6.05. The molecule has 6 heteroatoms. The third-order valence-corrected chi connectivity index (χ3v) is 3.66. The molecule has 0 saturated heterocycles. The van der Waals surface area contributed by atoms with E-state index >= 15 is 0 Å². The summed E-state index contributed by atoms with van der Waals surface area (Å²) in [6.45, 7) is 3.96. The number of hydrogen-bond acceptors (Lipinski definition) is 5. The highest BCUT2D eigenvalue weighted by atomic mass is 35.5. The predicted molar refractivity (Wildman–Crippen MR) is 78.6 cm³/mol. The molecule has 0 unspecified atom stereocenters. The molecule has 1 aromatic heterocycles. The second kappa shape index (κ2) is 7.43. The average molecular weight is 298 g/mol. The van der Waals surface area contributed by atoms with Gasteiger partial charge in [0.15, 0.2) is 0 Å². The zero-order valence-electron chi connectivity index (χ0n) is 10.7. The van der Waals surface area contributed by atoms with Gasteiger partial charge in [0.2, 0.25) is 5.13 Å². The zero-order valence-corrected chi connectivity index (χ0v) is 12.3. The Hall–Kier alpha value is -1.17. The molecule has 0 atom stereocenters. The Labute approximate surface area is 121 Å². The summed E-state index contributed by atoms with van der Waals surface area (Å²) in [4.78, 5) is 0. The van der Waals surface area contributed by atoms with E-state index in [0.29, 0.717) is 13.2 Å². The van der Waals surface area contributed by atoms with Gasteiger partial charge in [0.05, 0.1) is 6.61 Å². The van der Waals surface area contributed by atoms with Gasteiger partial charge in [-0.1, -0.05) is 48.1 Å². The highest BCUT2D eigenvalue weighted by molar-refractivity contribution is 7.15. The van der Waals surface area contributed by atoms with Crippen LogP contribution in [0.25, 0.3) is 0 Å². The smallest absolute Gasteiger partial charge is 0.205 e. The number of aromatic nitrogens is 2. The predicted octanol–water partition coefficient (Wildman–Crippen LogP) is 3.73. The van der Waals surface area contributed by atoms with Crippen LogP contribution in [0.15, 0.2) is 24.3 Å². The van der Waals surface area contributed by atoms with Gasteiger partial charge in [0.25, 0.3) is 0 Å². The van der Waals surface area contributed by atoms with Crippen LogP contribution in [-0.2, 0) is 18.0 Å². The lowest BCUT2D eigenvalue weighted by molar-refractivity contribution is 0.106. The van der Waals surface area contributed by atoms with Crippen molar-refractivity contribution in [3.05, 3.63) is 39.9 Å². The lowest BCUT2D eigenvalue weighted by atomic mass is 10.2. The Balaban J connectivity index is 1.79. The van der Waals surface area contributed by atoms with Crippen LogP contribution in [-0.4, -0.2) is 16.7 Å². The van der Waals surface area contributed by atoms with Gasteiger partial charge < -0.3 is 10.1 Å². The number of hydrogen-bond donors (Lipinski definition) is 1. The van der Waals surface area contributed by atoms with Crippen LogP contribution in [0.1, 0.15) is 23.9 Å². The molecule has 2 aromatic rings. The van der Waals surface area contributed by atoms with E-state index in [-0.39, 0.29) is 0 Å². The highest BCUT2D eigenvalue weighted by Gasteiger charge is 2.04. The molecule has 0 aliphatic heterocycles. The van der Waals surface area contributed by atoms with E-state index in [1.807, 2.05) is 24.3 Å². The molecule has 1 N–H and O–H groups in total. The Bertz CT molecular complexity index is 518. The second-order valence-electron chi connectivity index (χ2n) is 4.01. The maximum atomic E-state index is 6.05. The first-order chi connectivity index (χ1) is 9.29. The number of anilines is 1. The number of halogens is 1. The molecule has 2 rings (SSSR count). The van der Waals surface area contributed by atoms with Gasteiger partial charge in [0.1, 0.15) is 11.6 Å². The van der Waals surface area contributed by atoms with Crippen molar-refractivity contribution >= 4 is 28.1 Å². The number of benzene rings is 1. The molecular formula is C13H16ClN3OS. The minimum atomic E-state index is 0.455. The summed E-state index contributed by atoms with van der Waals surface area (Å²) in [6, 6.07) is 7.67. The molecule has 0 bridgehead atoms. The van der Waals surface area contributed by atoms with Crippen molar-refractivity contribution in [2.75, 3.05) is 11.9 Å². The Morgan fingerprint density at radius 2 is 2.11 bits per heavy atom. The molecule has 1 heterocycles. The van der Waals surface area contributed by atoms with Crippen molar-refractivity contribution in [1.29, 1.82) is 0 Å². The van der Waals surface area contributed by atoms with Crippen molar-refractivity contribution < 1.29 is 4.74 Å². The molecule has 0 aliphatic rings. The lowest BCUT2D eigenvalue weighted by Gasteiger charge is -2.03. The topological polar surface area (TPSA) is 47.0 Å². The van der Waals surface area contributed by atoms with E-state index < -0.39 is 0 Å². The number of ether oxygens (including phenoxy) is 1. The van der Waals surface area contributed by atoms with Gasteiger partial charge in [-0.3, -0.25) is 0 Å². The molecule has 19 heavy (non-hydrogen) atoms. The summed E-state index contributed by atoms with van der Waals surface area (Å²) in [6.07, 6.45) is 1.07. The van der Waals surface area contributed by atoms with Crippen LogP contribution < -0.4 is 5.32 Å². The summed E-state index contributed by atoms with van der Waals surface area (Å²) in [5, 5.41) is 13.8. The molecule has 0 radical (unpaired) electrons. The fourth-order valence-corrected chi connectivity index (χ4v) is 2.37. The monoisotopic (exact) mass is 297 g/mol. The van der Waals surface area contributed by atoms with Crippen LogP contribution in [0.2, 0.25) is 5.02 Å². The normalized spacial score (nSPS) is 10.6. The highest BCUT2D eigenvalue weighted by Crippen LogP contribution is 2.19. The second-order valence-corrected chi connectivity index (χ2v) is 5.48.